The lowest BCUT2D eigenvalue weighted by Crippen LogP contribution is -2.48. The average Bonchev–Trinajstić information content (AvgIpc) is 2.95. The summed E-state index contributed by atoms with van der Waals surface area (Å²) < 4.78 is 16.7. The van der Waals surface area contributed by atoms with Gasteiger partial charge in [-0.15, -0.1) is 11.8 Å². The largest absolute Gasteiger partial charge is 0.493 e. The minimum absolute atomic E-state index is 0.479. The molecule has 160 valence electrons. The normalized spacial score (nSPS) is 25.1. The number of hydrogen-bond acceptors (Lipinski definition) is 6. The van der Waals surface area contributed by atoms with Crippen LogP contribution in [0.1, 0.15) is 24.8 Å². The maximum Gasteiger partial charge on any atom is 0.203 e. The summed E-state index contributed by atoms with van der Waals surface area (Å²) >= 11 is 1.94. The van der Waals surface area contributed by atoms with E-state index in [9.17, 15) is 0 Å². The fraction of sp³-hybridized carbons (Fsp3) is 0.500. The maximum absolute atomic E-state index is 5.59. The van der Waals surface area contributed by atoms with Crippen LogP contribution in [0.5, 0.6) is 17.2 Å². The number of nitrogens with zero attached hydrogens (tertiary/aromatic N) is 1. The van der Waals surface area contributed by atoms with Gasteiger partial charge < -0.3 is 24.4 Å². The lowest BCUT2D eigenvalue weighted by Gasteiger charge is -2.39. The average molecular weight is 427 g/mol. The maximum atomic E-state index is 5.59. The molecule has 3 aliphatic heterocycles. The van der Waals surface area contributed by atoms with E-state index in [2.05, 4.69) is 33.8 Å². The van der Waals surface area contributed by atoms with E-state index in [4.69, 9.17) is 14.2 Å². The molecule has 5 nitrogen and oxygen atoms in total. The molecule has 1 fully saturated rings. The number of piperidine rings is 1. The van der Waals surface area contributed by atoms with E-state index in [1.54, 1.807) is 43.1 Å². The molecule has 1 aliphatic carbocycles. The highest BCUT2D eigenvalue weighted by Crippen LogP contribution is 2.49. The Morgan fingerprint density at radius 1 is 1.10 bits per heavy atom. The van der Waals surface area contributed by atoms with Crippen molar-refractivity contribution in [3.63, 3.8) is 0 Å². The van der Waals surface area contributed by atoms with E-state index in [1.165, 1.54) is 24.8 Å². The van der Waals surface area contributed by atoms with E-state index in [-0.39, 0.29) is 0 Å². The van der Waals surface area contributed by atoms with Crippen LogP contribution >= 0.6 is 11.8 Å². The number of rotatable bonds is 5. The Hall–Kier alpha value is -2.05. The minimum atomic E-state index is 0.479. The van der Waals surface area contributed by atoms with Crippen molar-refractivity contribution in [1.82, 2.24) is 10.2 Å². The van der Waals surface area contributed by atoms with Crippen molar-refractivity contribution in [3.8, 4) is 17.2 Å². The minimum Gasteiger partial charge on any atom is -0.493 e. The van der Waals surface area contributed by atoms with Crippen molar-refractivity contribution in [2.45, 2.75) is 31.7 Å². The zero-order valence-electron chi connectivity index (χ0n) is 18.0. The number of methoxy groups -OCH3 is 3. The van der Waals surface area contributed by atoms with Crippen LogP contribution in [0.2, 0.25) is 0 Å². The molecule has 3 heterocycles. The van der Waals surface area contributed by atoms with Gasteiger partial charge in [0.15, 0.2) is 11.5 Å². The van der Waals surface area contributed by atoms with Gasteiger partial charge in [0.1, 0.15) is 0 Å². The standard InChI is InChI=1S/C24H30N2O3S/c1-27-19-11-15(12-20(28-2)24(19)29-3)10-16-13-25-14-18-17-6-4-7-21-23(17)26(22(16)18)8-5-9-30-21/h5,9,11-12,16,22,25H,4,6-8,10,13-14H2,1-3H3. The van der Waals surface area contributed by atoms with Gasteiger partial charge >= 0.3 is 0 Å². The summed E-state index contributed by atoms with van der Waals surface area (Å²) in [4.78, 5) is 4.26. The lowest BCUT2D eigenvalue weighted by molar-refractivity contribution is 0.223. The zero-order valence-corrected chi connectivity index (χ0v) is 18.8. The van der Waals surface area contributed by atoms with Crippen LogP contribution in [0.4, 0.5) is 0 Å². The van der Waals surface area contributed by atoms with Gasteiger partial charge in [0.25, 0.3) is 0 Å². The van der Waals surface area contributed by atoms with Crippen LogP contribution in [-0.4, -0.2) is 51.9 Å². The third-order valence-corrected chi connectivity index (χ3v) is 7.76. The Morgan fingerprint density at radius 3 is 2.63 bits per heavy atom. The van der Waals surface area contributed by atoms with Gasteiger partial charge in [0.05, 0.1) is 33.1 Å². The molecule has 0 spiro atoms. The summed E-state index contributed by atoms with van der Waals surface area (Å²) in [6, 6.07) is 4.69. The molecule has 1 aromatic rings. The highest BCUT2D eigenvalue weighted by atomic mass is 32.2. The van der Waals surface area contributed by atoms with Gasteiger partial charge in [0, 0.05) is 24.5 Å². The number of hydrogen-bond donors (Lipinski definition) is 1. The van der Waals surface area contributed by atoms with Crippen LogP contribution < -0.4 is 19.5 Å². The summed E-state index contributed by atoms with van der Waals surface area (Å²) in [5.41, 5.74) is 6.03. The predicted molar refractivity (Wildman–Crippen MR) is 121 cm³/mol. The van der Waals surface area contributed by atoms with Crippen molar-refractivity contribution >= 4 is 11.8 Å². The Labute approximate surface area is 183 Å². The fourth-order valence-corrected chi connectivity index (χ4v) is 6.54. The molecule has 0 bridgehead atoms. The van der Waals surface area contributed by atoms with Crippen molar-refractivity contribution in [2.24, 2.45) is 5.92 Å². The van der Waals surface area contributed by atoms with Crippen LogP contribution in [0.3, 0.4) is 0 Å². The third-order valence-electron chi connectivity index (χ3n) is 6.75. The van der Waals surface area contributed by atoms with Crippen molar-refractivity contribution in [1.29, 1.82) is 0 Å². The van der Waals surface area contributed by atoms with Crippen molar-refractivity contribution in [3.05, 3.63) is 50.9 Å². The van der Waals surface area contributed by atoms with Gasteiger partial charge in [-0.05, 0) is 65.9 Å². The summed E-state index contributed by atoms with van der Waals surface area (Å²) in [5, 5.41) is 6.01. The smallest absolute Gasteiger partial charge is 0.203 e. The third kappa shape index (κ3) is 3.21. The summed E-state index contributed by atoms with van der Waals surface area (Å²) in [6.07, 6.45) is 7.02. The predicted octanol–water partition coefficient (Wildman–Crippen LogP) is 4.11. The molecule has 1 saturated heterocycles. The van der Waals surface area contributed by atoms with Crippen molar-refractivity contribution in [2.75, 3.05) is 41.0 Å². The molecule has 6 heteroatoms. The molecule has 1 aromatic carbocycles. The number of benzene rings is 1. The lowest BCUT2D eigenvalue weighted by atomic mass is 9.83. The first-order valence-corrected chi connectivity index (χ1v) is 11.7. The summed E-state index contributed by atoms with van der Waals surface area (Å²) in [5.74, 6) is 2.62. The second-order valence-electron chi connectivity index (χ2n) is 8.34. The molecule has 0 amide bonds. The van der Waals surface area contributed by atoms with Gasteiger partial charge in [-0.25, -0.2) is 0 Å². The van der Waals surface area contributed by atoms with Gasteiger partial charge in [-0.2, -0.15) is 0 Å². The SMILES string of the molecule is COc1cc(CC2CNCC3=C4CCCC5=C4N(CC=CS5)C32)cc(OC)c1OC. The van der Waals surface area contributed by atoms with E-state index in [0.717, 1.165) is 37.6 Å². The molecule has 0 saturated carbocycles. The zero-order chi connectivity index (χ0) is 20.7. The number of ether oxygens (including phenoxy) is 3. The Morgan fingerprint density at radius 2 is 1.90 bits per heavy atom. The molecule has 0 aromatic heterocycles. The molecule has 2 unspecified atom stereocenters. The van der Waals surface area contributed by atoms with Crippen LogP contribution in [0.15, 0.2) is 45.4 Å². The molecule has 1 N–H and O–H groups in total. The van der Waals surface area contributed by atoms with E-state index in [0.29, 0.717) is 17.7 Å². The quantitative estimate of drug-likeness (QED) is 0.764. The second kappa shape index (κ2) is 8.23. The topological polar surface area (TPSA) is 43.0 Å². The van der Waals surface area contributed by atoms with Gasteiger partial charge in [-0.1, -0.05) is 6.08 Å². The van der Waals surface area contributed by atoms with Crippen molar-refractivity contribution < 1.29 is 14.2 Å². The Kier molecular flexibility index (Phi) is 5.46. The number of thioether (sulfide) groups is 1. The highest BCUT2D eigenvalue weighted by molar-refractivity contribution is 8.05. The monoisotopic (exact) mass is 426 g/mol. The highest BCUT2D eigenvalue weighted by Gasteiger charge is 2.44. The molecule has 4 aliphatic rings. The molecule has 2 atom stereocenters. The van der Waals surface area contributed by atoms with Crippen LogP contribution in [0.25, 0.3) is 0 Å². The van der Waals surface area contributed by atoms with Gasteiger partial charge in [0.2, 0.25) is 5.75 Å². The molecular formula is C24H30N2O3S. The first-order chi connectivity index (χ1) is 14.7. The first-order valence-electron chi connectivity index (χ1n) is 10.8. The fourth-order valence-electron chi connectivity index (χ4n) is 5.58. The number of allylic oxidation sites excluding steroid dienone is 2. The first kappa shape index (κ1) is 19.9. The number of nitrogens with one attached hydrogen (secondary N) is 1. The van der Waals surface area contributed by atoms with Gasteiger partial charge in [-0.3, -0.25) is 0 Å². The second-order valence-corrected chi connectivity index (χ2v) is 9.35. The van der Waals surface area contributed by atoms with E-state index in [1.807, 2.05) is 11.8 Å². The molecule has 5 rings (SSSR count). The van der Waals surface area contributed by atoms with Crippen LogP contribution in [0, 0.1) is 5.92 Å². The molecular weight excluding hydrogens is 396 g/mol. The molecule has 30 heavy (non-hydrogen) atoms. The van der Waals surface area contributed by atoms with E-state index >= 15 is 0 Å². The summed E-state index contributed by atoms with van der Waals surface area (Å²) in [7, 11) is 5.02. The van der Waals surface area contributed by atoms with Crippen LogP contribution in [-0.2, 0) is 6.42 Å². The number of fused-ring (bicyclic) bond motifs is 2. The summed E-state index contributed by atoms with van der Waals surface area (Å²) in [6.45, 7) is 3.05. The molecule has 0 radical (unpaired) electrons. The van der Waals surface area contributed by atoms with E-state index < -0.39 is 0 Å². The Balaban J connectivity index is 1.50. The Bertz CT molecular complexity index is 911.